The number of fused-ring (bicyclic) bond motifs is 1. The molecular formula is C25H29N9. The van der Waals surface area contributed by atoms with Gasteiger partial charge in [0.15, 0.2) is 17.0 Å². The van der Waals surface area contributed by atoms with E-state index in [2.05, 4.69) is 35.7 Å². The number of aromatic nitrogens is 6. The fourth-order valence-corrected chi connectivity index (χ4v) is 4.95. The Kier molecular flexibility index (Phi) is 5.54. The van der Waals surface area contributed by atoms with Crippen LogP contribution in [0.2, 0.25) is 0 Å². The molecule has 4 aromatic rings. The average Bonchev–Trinajstić information content (AvgIpc) is 3.59. The molecule has 0 unspecified atom stereocenters. The lowest BCUT2D eigenvalue weighted by Crippen LogP contribution is -2.44. The Hall–Kier alpha value is -3.59. The van der Waals surface area contributed by atoms with Crippen LogP contribution in [0.1, 0.15) is 31.7 Å². The Labute approximate surface area is 198 Å². The second-order valence-electron chi connectivity index (χ2n) is 9.02. The van der Waals surface area contributed by atoms with E-state index in [1.54, 1.807) is 6.20 Å². The highest BCUT2D eigenvalue weighted by molar-refractivity contribution is 5.87. The van der Waals surface area contributed by atoms with E-state index >= 15 is 0 Å². The van der Waals surface area contributed by atoms with Crippen LogP contribution in [-0.4, -0.2) is 62.7 Å². The third-order valence-electron chi connectivity index (χ3n) is 6.89. The monoisotopic (exact) mass is 455 g/mol. The molecule has 0 radical (unpaired) electrons. The van der Waals surface area contributed by atoms with Crippen molar-refractivity contribution in [3.8, 4) is 11.4 Å². The number of nitrogens with zero attached hydrogens (tertiary/aromatic N) is 8. The van der Waals surface area contributed by atoms with Gasteiger partial charge < -0.3 is 19.7 Å². The maximum Gasteiger partial charge on any atom is 0.229 e. The lowest BCUT2D eigenvalue weighted by molar-refractivity contribution is 0.528. The van der Waals surface area contributed by atoms with E-state index in [4.69, 9.17) is 15.0 Å². The third kappa shape index (κ3) is 3.86. The summed E-state index contributed by atoms with van der Waals surface area (Å²) in [6, 6.07) is 10.4. The van der Waals surface area contributed by atoms with E-state index < -0.39 is 0 Å². The van der Waals surface area contributed by atoms with Gasteiger partial charge in [0.2, 0.25) is 5.95 Å². The normalized spacial score (nSPS) is 16.9. The fourth-order valence-electron chi connectivity index (χ4n) is 4.95. The van der Waals surface area contributed by atoms with Crippen molar-refractivity contribution in [2.24, 2.45) is 0 Å². The van der Waals surface area contributed by atoms with E-state index in [-0.39, 0.29) is 0 Å². The molecule has 0 atom stereocenters. The van der Waals surface area contributed by atoms with Crippen LogP contribution in [0.3, 0.4) is 0 Å². The Bertz CT molecular complexity index is 1260. The van der Waals surface area contributed by atoms with Crippen molar-refractivity contribution in [3.63, 3.8) is 0 Å². The van der Waals surface area contributed by atoms with Gasteiger partial charge in [-0.2, -0.15) is 9.97 Å². The van der Waals surface area contributed by atoms with Crippen LogP contribution in [0.5, 0.6) is 0 Å². The quantitative estimate of drug-likeness (QED) is 0.489. The molecule has 1 saturated heterocycles. The van der Waals surface area contributed by atoms with Gasteiger partial charge in [0.25, 0.3) is 0 Å². The summed E-state index contributed by atoms with van der Waals surface area (Å²) in [6.07, 6.45) is 10.5. The minimum Gasteiger partial charge on any atom is -0.338 e. The van der Waals surface area contributed by atoms with Gasteiger partial charge in [0.05, 0.1) is 29.6 Å². The first-order chi connectivity index (χ1) is 16.8. The average molecular weight is 456 g/mol. The zero-order valence-corrected chi connectivity index (χ0v) is 19.4. The van der Waals surface area contributed by atoms with Crippen LogP contribution in [0, 0.1) is 0 Å². The summed E-state index contributed by atoms with van der Waals surface area (Å²) in [6.45, 7) is 3.67. The summed E-state index contributed by atoms with van der Waals surface area (Å²) in [5.74, 6) is 1.58. The summed E-state index contributed by atoms with van der Waals surface area (Å²) in [4.78, 5) is 28.2. The molecule has 5 heterocycles. The molecule has 0 spiro atoms. The first kappa shape index (κ1) is 21.0. The van der Waals surface area contributed by atoms with E-state index in [1.807, 2.05) is 43.8 Å². The molecule has 2 aliphatic rings. The Balaban J connectivity index is 1.40. The number of anilines is 3. The third-order valence-corrected chi connectivity index (χ3v) is 6.89. The van der Waals surface area contributed by atoms with Gasteiger partial charge in [0, 0.05) is 45.5 Å². The lowest BCUT2D eigenvalue weighted by Gasteiger charge is -2.28. The second-order valence-corrected chi connectivity index (χ2v) is 9.02. The van der Waals surface area contributed by atoms with Gasteiger partial charge >= 0.3 is 0 Å². The molecule has 2 fully saturated rings. The molecule has 34 heavy (non-hydrogen) atoms. The molecule has 1 saturated carbocycles. The maximum atomic E-state index is 5.03. The first-order valence-electron chi connectivity index (χ1n) is 12.1. The van der Waals surface area contributed by atoms with E-state index in [0.29, 0.717) is 6.04 Å². The van der Waals surface area contributed by atoms with Crippen LogP contribution < -0.4 is 15.1 Å². The number of piperazine rings is 1. The lowest BCUT2D eigenvalue weighted by atomic mass is 10.2. The van der Waals surface area contributed by atoms with Gasteiger partial charge in [-0.3, -0.25) is 9.97 Å². The van der Waals surface area contributed by atoms with Crippen molar-refractivity contribution in [1.82, 2.24) is 34.8 Å². The van der Waals surface area contributed by atoms with Crippen molar-refractivity contribution < 1.29 is 0 Å². The molecule has 0 aromatic carbocycles. The largest absolute Gasteiger partial charge is 0.338 e. The Morgan fingerprint density at radius 3 is 2.50 bits per heavy atom. The number of nitrogens with one attached hydrogen (secondary N) is 1. The van der Waals surface area contributed by atoms with Crippen LogP contribution in [-0.2, 0) is 0 Å². The van der Waals surface area contributed by atoms with Crippen LogP contribution in [0.25, 0.3) is 22.6 Å². The summed E-state index contributed by atoms with van der Waals surface area (Å²) in [5, 5.41) is 3.42. The van der Waals surface area contributed by atoms with Crippen molar-refractivity contribution in [2.75, 3.05) is 43.0 Å². The van der Waals surface area contributed by atoms with E-state index in [9.17, 15) is 0 Å². The summed E-state index contributed by atoms with van der Waals surface area (Å²) in [5.41, 5.74) is 4.41. The minimum absolute atomic E-state index is 0.466. The summed E-state index contributed by atoms with van der Waals surface area (Å²) < 4.78 is 2.27. The number of pyridine rings is 2. The van der Waals surface area contributed by atoms with Crippen molar-refractivity contribution >= 4 is 28.6 Å². The van der Waals surface area contributed by atoms with Crippen molar-refractivity contribution in [2.45, 2.75) is 31.7 Å². The van der Waals surface area contributed by atoms with E-state index in [1.165, 1.54) is 25.7 Å². The number of hydrogen-bond donors (Lipinski definition) is 1. The molecule has 0 bridgehead atoms. The van der Waals surface area contributed by atoms with Gasteiger partial charge in [0.1, 0.15) is 0 Å². The van der Waals surface area contributed by atoms with Crippen LogP contribution in [0.15, 0.2) is 49.1 Å². The second kappa shape index (κ2) is 8.98. The minimum atomic E-state index is 0.466. The molecule has 9 heteroatoms. The molecule has 1 N–H and O–H groups in total. The van der Waals surface area contributed by atoms with Gasteiger partial charge in [-0.15, -0.1) is 0 Å². The molecular weight excluding hydrogens is 426 g/mol. The predicted molar refractivity (Wildman–Crippen MR) is 133 cm³/mol. The van der Waals surface area contributed by atoms with E-state index in [0.717, 1.165) is 66.2 Å². The molecule has 9 nitrogen and oxygen atoms in total. The van der Waals surface area contributed by atoms with Crippen molar-refractivity contribution in [3.05, 3.63) is 49.1 Å². The molecule has 1 aliphatic heterocycles. The highest BCUT2D eigenvalue weighted by Gasteiger charge is 2.25. The summed E-state index contributed by atoms with van der Waals surface area (Å²) >= 11 is 0. The smallest absolute Gasteiger partial charge is 0.229 e. The zero-order valence-electron chi connectivity index (χ0n) is 19.4. The van der Waals surface area contributed by atoms with Gasteiger partial charge in [-0.25, -0.2) is 4.98 Å². The zero-order chi connectivity index (χ0) is 22.9. The molecule has 174 valence electrons. The number of rotatable bonds is 5. The van der Waals surface area contributed by atoms with Gasteiger partial charge in [-0.05, 0) is 37.1 Å². The summed E-state index contributed by atoms with van der Waals surface area (Å²) in [7, 11) is 2.02. The molecule has 4 aromatic heterocycles. The Morgan fingerprint density at radius 2 is 1.76 bits per heavy atom. The molecule has 1 aliphatic carbocycles. The molecule has 0 amide bonds. The van der Waals surface area contributed by atoms with Gasteiger partial charge in [-0.1, -0.05) is 18.9 Å². The molecule has 6 rings (SSSR count). The maximum absolute atomic E-state index is 5.03. The highest BCUT2D eigenvalue weighted by atomic mass is 15.3. The van der Waals surface area contributed by atoms with Crippen molar-refractivity contribution in [1.29, 1.82) is 0 Å². The number of hydrogen-bond acceptors (Lipinski definition) is 8. The Morgan fingerprint density at radius 1 is 0.941 bits per heavy atom. The standard InChI is InChI=1S/C25H29N9/c1-32(19-9-10-21(28-16-19)20-8-4-5-11-27-20)23-22-24(34(17-29-22)18-6-2-3-7-18)31-25(30-23)33-14-12-26-13-15-33/h4-5,8-11,16-18,26H,2-3,6-7,12-15H2,1H3. The predicted octanol–water partition coefficient (Wildman–Crippen LogP) is 3.58. The highest BCUT2D eigenvalue weighted by Crippen LogP contribution is 2.35. The first-order valence-corrected chi connectivity index (χ1v) is 12.1. The van der Waals surface area contributed by atoms with Crippen LogP contribution >= 0.6 is 0 Å². The topological polar surface area (TPSA) is 87.9 Å². The van der Waals surface area contributed by atoms with Crippen LogP contribution in [0.4, 0.5) is 17.5 Å². The number of imidazole rings is 1. The fraction of sp³-hybridized carbons (Fsp3) is 0.400. The SMILES string of the molecule is CN(c1ccc(-c2ccccn2)nc1)c1nc(N2CCNCC2)nc2c1ncn2C1CCCC1.